The number of carbonyl (C=O) groups is 1. The molecule has 3 nitrogen and oxygen atoms in total. The first-order valence-corrected chi connectivity index (χ1v) is 6.37. The van der Waals surface area contributed by atoms with E-state index in [-0.39, 0.29) is 18.3 Å². The Labute approximate surface area is 107 Å². The van der Waals surface area contributed by atoms with Gasteiger partial charge in [-0.2, -0.15) is 5.26 Å². The molecular formula is C15H17NO2. The van der Waals surface area contributed by atoms with Gasteiger partial charge in [-0.1, -0.05) is 18.9 Å². The third-order valence-corrected chi connectivity index (χ3v) is 3.50. The van der Waals surface area contributed by atoms with Crippen molar-refractivity contribution in [1.29, 1.82) is 5.26 Å². The molecule has 0 bridgehead atoms. The Morgan fingerprint density at radius 3 is 2.83 bits per heavy atom. The third-order valence-electron chi connectivity index (χ3n) is 3.50. The Hall–Kier alpha value is -1.82. The first-order valence-electron chi connectivity index (χ1n) is 6.37. The van der Waals surface area contributed by atoms with Crippen molar-refractivity contribution in [2.45, 2.75) is 32.6 Å². The van der Waals surface area contributed by atoms with Crippen LogP contribution in [0.3, 0.4) is 0 Å². The van der Waals surface area contributed by atoms with Crippen LogP contribution >= 0.6 is 0 Å². The average molecular weight is 243 g/mol. The summed E-state index contributed by atoms with van der Waals surface area (Å²) < 4.78 is 5.55. The Bertz CT molecular complexity index is 482. The van der Waals surface area contributed by atoms with Crippen molar-refractivity contribution in [3.8, 4) is 11.8 Å². The number of nitrogens with zero attached hydrogens (tertiary/aromatic N) is 1. The molecular weight excluding hydrogens is 226 g/mol. The summed E-state index contributed by atoms with van der Waals surface area (Å²) in [5.41, 5.74) is 1.51. The molecule has 1 aliphatic carbocycles. The summed E-state index contributed by atoms with van der Waals surface area (Å²) >= 11 is 0. The molecule has 1 saturated carbocycles. The van der Waals surface area contributed by atoms with E-state index in [2.05, 4.69) is 6.07 Å². The van der Waals surface area contributed by atoms with E-state index in [4.69, 9.17) is 10.00 Å². The van der Waals surface area contributed by atoms with E-state index >= 15 is 0 Å². The Kier molecular flexibility index (Phi) is 3.99. The van der Waals surface area contributed by atoms with Crippen LogP contribution in [0.15, 0.2) is 18.2 Å². The van der Waals surface area contributed by atoms with Gasteiger partial charge in [-0.15, -0.1) is 0 Å². The average Bonchev–Trinajstić information content (AvgIpc) is 2.91. The van der Waals surface area contributed by atoms with E-state index in [0.717, 1.165) is 31.2 Å². The minimum Gasteiger partial charge on any atom is -0.486 e. The van der Waals surface area contributed by atoms with E-state index in [1.165, 1.54) is 0 Å². The van der Waals surface area contributed by atoms with E-state index in [9.17, 15) is 4.79 Å². The normalized spacial score (nSPS) is 15.3. The van der Waals surface area contributed by atoms with Crippen molar-refractivity contribution in [1.82, 2.24) is 0 Å². The maximum atomic E-state index is 11.9. The zero-order valence-electron chi connectivity index (χ0n) is 10.6. The summed E-state index contributed by atoms with van der Waals surface area (Å²) in [5.74, 6) is 1.01. The molecule has 0 N–H and O–H groups in total. The number of ketones is 1. The summed E-state index contributed by atoms with van der Waals surface area (Å²) in [4.78, 5) is 11.9. The van der Waals surface area contributed by atoms with Gasteiger partial charge in [-0.3, -0.25) is 4.79 Å². The van der Waals surface area contributed by atoms with Gasteiger partial charge in [-0.25, -0.2) is 0 Å². The fourth-order valence-corrected chi connectivity index (χ4v) is 2.34. The number of Topliss-reactive ketones (excluding diaryl/α,β-unsaturated/α-hetero) is 1. The molecule has 0 spiro atoms. The number of hydrogen-bond acceptors (Lipinski definition) is 3. The molecule has 0 atom stereocenters. The van der Waals surface area contributed by atoms with E-state index < -0.39 is 0 Å². The lowest BCUT2D eigenvalue weighted by molar-refractivity contribution is -0.124. The SMILES string of the molecule is Cc1ccc(C#N)cc1OCC(=O)C1CCCC1. The zero-order valence-corrected chi connectivity index (χ0v) is 10.6. The topological polar surface area (TPSA) is 50.1 Å². The quantitative estimate of drug-likeness (QED) is 0.816. The second-order valence-corrected chi connectivity index (χ2v) is 4.83. The Morgan fingerprint density at radius 1 is 1.44 bits per heavy atom. The zero-order chi connectivity index (χ0) is 13.0. The number of rotatable bonds is 4. The monoisotopic (exact) mass is 243 g/mol. The number of ether oxygens (including phenoxy) is 1. The van der Waals surface area contributed by atoms with E-state index in [1.807, 2.05) is 13.0 Å². The van der Waals surface area contributed by atoms with Crippen molar-refractivity contribution in [3.63, 3.8) is 0 Å². The number of hydrogen-bond donors (Lipinski definition) is 0. The summed E-state index contributed by atoms with van der Waals surface area (Å²) in [6.07, 6.45) is 4.30. The van der Waals surface area contributed by atoms with E-state index in [1.54, 1.807) is 12.1 Å². The highest BCUT2D eigenvalue weighted by Gasteiger charge is 2.22. The molecule has 0 radical (unpaired) electrons. The Balaban J connectivity index is 1.97. The molecule has 0 aromatic heterocycles. The van der Waals surface area contributed by atoms with Gasteiger partial charge in [-0.05, 0) is 37.5 Å². The molecule has 0 unspecified atom stereocenters. The van der Waals surface area contributed by atoms with Crippen LogP contribution in [-0.4, -0.2) is 12.4 Å². The summed E-state index contributed by atoms with van der Waals surface area (Å²) in [6, 6.07) is 7.36. The standard InChI is InChI=1S/C15H17NO2/c1-11-6-7-12(9-16)8-15(11)18-10-14(17)13-4-2-3-5-13/h6-8,13H,2-5,10H2,1H3. The first kappa shape index (κ1) is 12.6. The van der Waals surface area contributed by atoms with Gasteiger partial charge >= 0.3 is 0 Å². The molecule has 3 heteroatoms. The van der Waals surface area contributed by atoms with E-state index in [0.29, 0.717) is 11.3 Å². The summed E-state index contributed by atoms with van der Waals surface area (Å²) in [6.45, 7) is 2.04. The maximum absolute atomic E-state index is 11.9. The van der Waals surface area contributed by atoms with Gasteiger partial charge in [0.25, 0.3) is 0 Å². The van der Waals surface area contributed by atoms with Crippen LogP contribution in [0.25, 0.3) is 0 Å². The molecule has 0 heterocycles. The molecule has 1 aromatic carbocycles. The second kappa shape index (κ2) is 5.68. The Morgan fingerprint density at radius 2 is 2.17 bits per heavy atom. The van der Waals surface area contributed by atoms with Gasteiger partial charge in [0.1, 0.15) is 12.4 Å². The van der Waals surface area contributed by atoms with Crippen LogP contribution in [0.4, 0.5) is 0 Å². The van der Waals surface area contributed by atoms with Crippen LogP contribution in [0.2, 0.25) is 0 Å². The molecule has 18 heavy (non-hydrogen) atoms. The van der Waals surface area contributed by atoms with Crippen LogP contribution in [0.5, 0.6) is 5.75 Å². The van der Waals surface area contributed by atoms with Crippen molar-refractivity contribution in [2.24, 2.45) is 5.92 Å². The number of benzene rings is 1. The largest absolute Gasteiger partial charge is 0.486 e. The molecule has 1 aromatic rings. The fourth-order valence-electron chi connectivity index (χ4n) is 2.34. The van der Waals surface area contributed by atoms with Crippen LogP contribution < -0.4 is 4.74 Å². The fraction of sp³-hybridized carbons (Fsp3) is 0.467. The van der Waals surface area contributed by atoms with Crippen molar-refractivity contribution in [3.05, 3.63) is 29.3 Å². The minimum absolute atomic E-state index is 0.125. The predicted octanol–water partition coefficient (Wildman–Crippen LogP) is 3.00. The lowest BCUT2D eigenvalue weighted by Gasteiger charge is -2.11. The second-order valence-electron chi connectivity index (χ2n) is 4.83. The highest BCUT2D eigenvalue weighted by Crippen LogP contribution is 2.26. The molecule has 1 fully saturated rings. The molecule has 0 amide bonds. The molecule has 2 rings (SSSR count). The molecule has 94 valence electrons. The van der Waals surface area contributed by atoms with Crippen LogP contribution in [0.1, 0.15) is 36.8 Å². The van der Waals surface area contributed by atoms with Gasteiger partial charge < -0.3 is 4.74 Å². The molecule has 0 aliphatic heterocycles. The smallest absolute Gasteiger partial charge is 0.173 e. The minimum atomic E-state index is 0.125. The van der Waals surface area contributed by atoms with Crippen LogP contribution in [-0.2, 0) is 4.79 Å². The molecule has 1 aliphatic rings. The molecule has 0 saturated heterocycles. The lowest BCUT2D eigenvalue weighted by atomic mass is 10.0. The summed E-state index contributed by atoms with van der Waals surface area (Å²) in [5, 5.41) is 8.83. The van der Waals surface area contributed by atoms with Gasteiger partial charge in [0, 0.05) is 5.92 Å². The van der Waals surface area contributed by atoms with Crippen LogP contribution in [0, 0.1) is 24.2 Å². The van der Waals surface area contributed by atoms with Crippen molar-refractivity contribution in [2.75, 3.05) is 6.61 Å². The number of carbonyl (C=O) groups excluding carboxylic acids is 1. The van der Waals surface area contributed by atoms with Gasteiger partial charge in [0.15, 0.2) is 5.78 Å². The first-order chi connectivity index (χ1) is 8.70. The lowest BCUT2D eigenvalue weighted by Crippen LogP contribution is -2.19. The maximum Gasteiger partial charge on any atom is 0.173 e. The number of aryl methyl sites for hydroxylation is 1. The third kappa shape index (κ3) is 2.89. The highest BCUT2D eigenvalue weighted by atomic mass is 16.5. The number of nitriles is 1. The van der Waals surface area contributed by atoms with Gasteiger partial charge in [0.2, 0.25) is 0 Å². The predicted molar refractivity (Wildman–Crippen MR) is 68.4 cm³/mol. The van der Waals surface area contributed by atoms with Gasteiger partial charge in [0.05, 0.1) is 11.6 Å². The summed E-state index contributed by atoms with van der Waals surface area (Å²) in [7, 11) is 0. The van der Waals surface area contributed by atoms with Crippen molar-refractivity contribution < 1.29 is 9.53 Å². The van der Waals surface area contributed by atoms with Crippen molar-refractivity contribution >= 4 is 5.78 Å². The highest BCUT2D eigenvalue weighted by molar-refractivity contribution is 5.82.